The number of hydrogen-bond acceptors (Lipinski definition) is 6. The van der Waals surface area contributed by atoms with Gasteiger partial charge in [0.15, 0.2) is 5.60 Å². The predicted molar refractivity (Wildman–Crippen MR) is 66.5 cm³/mol. The number of aromatic nitrogens is 2. The van der Waals surface area contributed by atoms with Crippen molar-refractivity contribution >= 4 is 27.5 Å². The smallest absolute Gasteiger partial charge is 0.339 e. The molecule has 0 amide bonds. The van der Waals surface area contributed by atoms with Crippen LogP contribution in [-0.4, -0.2) is 33.3 Å². The minimum Gasteiger partial charge on any atom is -0.467 e. The Morgan fingerprint density at radius 2 is 2.39 bits per heavy atom. The highest BCUT2D eigenvalue weighted by molar-refractivity contribution is 7.17. The fraction of sp³-hybridized carbons (Fsp3) is 0.364. The Balaban J connectivity index is 2.41. The van der Waals surface area contributed by atoms with Gasteiger partial charge in [0.1, 0.15) is 4.70 Å². The van der Waals surface area contributed by atoms with E-state index in [1.807, 2.05) is 0 Å². The average molecular weight is 268 g/mol. The number of thiophene rings is 1. The van der Waals surface area contributed by atoms with Crippen LogP contribution in [0.1, 0.15) is 6.92 Å². The molecule has 96 valence electrons. The minimum absolute atomic E-state index is 0.195. The predicted octanol–water partition coefficient (Wildman–Crippen LogP) is 0.382. The van der Waals surface area contributed by atoms with Gasteiger partial charge in [0.2, 0.25) is 0 Å². The lowest BCUT2D eigenvalue weighted by Crippen LogP contribution is -2.43. The van der Waals surface area contributed by atoms with Crippen LogP contribution in [0, 0.1) is 0 Å². The zero-order valence-electron chi connectivity index (χ0n) is 9.91. The summed E-state index contributed by atoms with van der Waals surface area (Å²) >= 11 is 1.27. The molecule has 0 fully saturated rings. The van der Waals surface area contributed by atoms with Gasteiger partial charge >= 0.3 is 5.97 Å². The summed E-state index contributed by atoms with van der Waals surface area (Å²) in [5, 5.41) is 11.7. The number of fused-ring (bicyclic) bond motifs is 1. The zero-order chi connectivity index (χ0) is 13.3. The topological polar surface area (TPSA) is 81.4 Å². The second-order valence-electron chi connectivity index (χ2n) is 4.08. The number of esters is 1. The molecule has 1 N–H and O–H groups in total. The van der Waals surface area contributed by atoms with E-state index >= 15 is 0 Å². The quantitative estimate of drug-likeness (QED) is 0.814. The number of ether oxygens (including phenoxy) is 1. The van der Waals surface area contributed by atoms with Crippen molar-refractivity contribution in [3.05, 3.63) is 28.1 Å². The Labute approximate surface area is 106 Å². The molecule has 0 aliphatic heterocycles. The highest BCUT2D eigenvalue weighted by Crippen LogP contribution is 2.14. The third-order valence-electron chi connectivity index (χ3n) is 2.54. The van der Waals surface area contributed by atoms with Crippen LogP contribution in [0.15, 0.2) is 22.6 Å². The minimum atomic E-state index is -1.76. The average Bonchev–Trinajstić information content (AvgIpc) is 2.80. The highest BCUT2D eigenvalue weighted by Gasteiger charge is 2.32. The molecule has 2 rings (SSSR count). The van der Waals surface area contributed by atoms with E-state index in [9.17, 15) is 14.7 Å². The third kappa shape index (κ3) is 2.14. The molecule has 2 aromatic rings. The van der Waals surface area contributed by atoms with Crippen LogP contribution in [0.5, 0.6) is 0 Å². The van der Waals surface area contributed by atoms with Crippen molar-refractivity contribution < 1.29 is 14.6 Å². The van der Waals surface area contributed by atoms with Gasteiger partial charge in [0, 0.05) is 0 Å². The van der Waals surface area contributed by atoms with Crippen molar-refractivity contribution in [2.45, 2.75) is 19.1 Å². The van der Waals surface area contributed by atoms with E-state index in [1.165, 1.54) is 36.3 Å². The lowest BCUT2D eigenvalue weighted by Gasteiger charge is -2.20. The first-order valence-corrected chi connectivity index (χ1v) is 6.07. The summed E-state index contributed by atoms with van der Waals surface area (Å²) in [4.78, 5) is 27.5. The van der Waals surface area contributed by atoms with Crippen LogP contribution in [0.3, 0.4) is 0 Å². The fourth-order valence-electron chi connectivity index (χ4n) is 1.61. The van der Waals surface area contributed by atoms with Crippen LogP contribution in [0.4, 0.5) is 0 Å². The lowest BCUT2D eigenvalue weighted by atomic mass is 10.1. The van der Waals surface area contributed by atoms with E-state index < -0.39 is 11.6 Å². The van der Waals surface area contributed by atoms with Gasteiger partial charge < -0.3 is 9.84 Å². The van der Waals surface area contributed by atoms with Gasteiger partial charge in [0.25, 0.3) is 5.56 Å². The van der Waals surface area contributed by atoms with E-state index in [2.05, 4.69) is 9.72 Å². The lowest BCUT2D eigenvalue weighted by molar-refractivity contribution is -0.161. The van der Waals surface area contributed by atoms with Gasteiger partial charge in [0.05, 0.1) is 25.5 Å². The molecule has 18 heavy (non-hydrogen) atoms. The number of carbonyl (C=O) groups excluding carboxylic acids is 1. The summed E-state index contributed by atoms with van der Waals surface area (Å²) in [6, 6.07) is 1.74. The van der Waals surface area contributed by atoms with Crippen LogP contribution in [0.2, 0.25) is 0 Å². The molecule has 0 aromatic carbocycles. The third-order valence-corrected chi connectivity index (χ3v) is 3.43. The molecule has 0 aliphatic rings. The Kier molecular flexibility index (Phi) is 3.18. The maximum atomic E-state index is 12.0. The second-order valence-corrected chi connectivity index (χ2v) is 4.99. The molecule has 2 aromatic heterocycles. The molecule has 0 saturated heterocycles. The number of rotatable bonds is 3. The number of nitrogens with zero attached hydrogens (tertiary/aromatic N) is 2. The molecule has 0 saturated carbocycles. The summed E-state index contributed by atoms with van der Waals surface area (Å²) < 4.78 is 6.18. The molecule has 6 nitrogen and oxygen atoms in total. The first kappa shape index (κ1) is 12.7. The number of aliphatic hydroxyl groups is 1. The van der Waals surface area contributed by atoms with Crippen molar-refractivity contribution in [1.82, 2.24) is 9.55 Å². The van der Waals surface area contributed by atoms with Gasteiger partial charge in [-0.15, -0.1) is 11.3 Å². The summed E-state index contributed by atoms with van der Waals surface area (Å²) in [7, 11) is 1.18. The molecule has 2 heterocycles. The fourth-order valence-corrected chi connectivity index (χ4v) is 2.40. The molecule has 0 radical (unpaired) electrons. The van der Waals surface area contributed by atoms with E-state index in [1.54, 1.807) is 11.4 Å². The standard InChI is InChI=1S/C11H12N2O4S/c1-11(16,10(15)17-2)5-13-6-12-7-3-4-18-8(7)9(13)14/h3-4,6,16H,5H2,1-2H3. The summed E-state index contributed by atoms with van der Waals surface area (Å²) in [6.45, 7) is 1.10. The van der Waals surface area contributed by atoms with Gasteiger partial charge in [-0.3, -0.25) is 9.36 Å². The van der Waals surface area contributed by atoms with Crippen molar-refractivity contribution in [1.29, 1.82) is 0 Å². The largest absolute Gasteiger partial charge is 0.467 e. The van der Waals surface area contributed by atoms with Crippen LogP contribution >= 0.6 is 11.3 Å². The first-order chi connectivity index (χ1) is 8.45. The Hall–Kier alpha value is -1.73. The van der Waals surface area contributed by atoms with Crippen molar-refractivity contribution in [3.8, 4) is 0 Å². The molecule has 1 atom stereocenters. The molecule has 0 aliphatic carbocycles. The molecular formula is C11H12N2O4S. The normalized spacial score (nSPS) is 14.4. The maximum absolute atomic E-state index is 12.0. The van der Waals surface area contributed by atoms with E-state index in [4.69, 9.17) is 0 Å². The van der Waals surface area contributed by atoms with Gasteiger partial charge in [-0.2, -0.15) is 0 Å². The summed E-state index contributed by atoms with van der Waals surface area (Å²) in [6.07, 6.45) is 1.31. The summed E-state index contributed by atoms with van der Waals surface area (Å²) in [5.74, 6) is -0.791. The SMILES string of the molecule is COC(=O)C(C)(O)Cn1cnc2ccsc2c1=O. The number of carbonyl (C=O) groups is 1. The molecular weight excluding hydrogens is 256 g/mol. The van der Waals surface area contributed by atoms with Gasteiger partial charge in [-0.25, -0.2) is 9.78 Å². The van der Waals surface area contributed by atoms with Crippen LogP contribution in [0.25, 0.3) is 10.2 Å². The zero-order valence-corrected chi connectivity index (χ0v) is 10.7. The molecule has 7 heteroatoms. The van der Waals surface area contributed by atoms with Gasteiger partial charge in [-0.05, 0) is 18.4 Å². The molecule has 0 bridgehead atoms. The van der Waals surface area contributed by atoms with E-state index in [0.29, 0.717) is 10.2 Å². The van der Waals surface area contributed by atoms with Crippen LogP contribution in [-0.2, 0) is 16.1 Å². The maximum Gasteiger partial charge on any atom is 0.339 e. The molecule has 1 unspecified atom stereocenters. The number of hydrogen-bond donors (Lipinski definition) is 1. The molecule has 0 spiro atoms. The van der Waals surface area contributed by atoms with Crippen molar-refractivity contribution in [2.24, 2.45) is 0 Å². The Morgan fingerprint density at radius 3 is 3.06 bits per heavy atom. The van der Waals surface area contributed by atoms with Crippen molar-refractivity contribution in [3.63, 3.8) is 0 Å². The van der Waals surface area contributed by atoms with E-state index in [-0.39, 0.29) is 12.1 Å². The second kappa shape index (κ2) is 4.51. The van der Waals surface area contributed by atoms with Crippen LogP contribution < -0.4 is 5.56 Å². The highest BCUT2D eigenvalue weighted by atomic mass is 32.1. The first-order valence-electron chi connectivity index (χ1n) is 5.19. The Morgan fingerprint density at radius 1 is 1.67 bits per heavy atom. The van der Waals surface area contributed by atoms with Gasteiger partial charge in [-0.1, -0.05) is 0 Å². The summed E-state index contributed by atoms with van der Waals surface area (Å²) in [5.41, 5.74) is -1.43. The van der Waals surface area contributed by atoms with Crippen molar-refractivity contribution in [2.75, 3.05) is 7.11 Å². The monoisotopic (exact) mass is 268 g/mol. The Bertz CT molecular complexity index is 644. The van der Waals surface area contributed by atoms with E-state index in [0.717, 1.165) is 0 Å². The number of methoxy groups -OCH3 is 1.